The van der Waals surface area contributed by atoms with Crippen LogP contribution in [0.2, 0.25) is 0 Å². The quantitative estimate of drug-likeness (QED) is 0.616. The molecular weight excluding hydrogens is 308 g/mol. The average molecular weight is 328 g/mol. The maximum atomic E-state index is 12.1. The molecule has 0 unspecified atom stereocenters. The highest BCUT2D eigenvalue weighted by molar-refractivity contribution is 7.99. The molecule has 1 aliphatic heterocycles. The number of anilines is 1. The summed E-state index contributed by atoms with van der Waals surface area (Å²) in [5, 5.41) is 2.92. The first-order chi connectivity index (χ1) is 10.1. The first kappa shape index (κ1) is 16.1. The minimum atomic E-state index is -3.22. The molecule has 3 N–H and O–H groups in total. The van der Waals surface area contributed by atoms with Gasteiger partial charge in [0.15, 0.2) is 5.96 Å². The van der Waals surface area contributed by atoms with Gasteiger partial charge >= 0.3 is 0 Å². The zero-order chi connectivity index (χ0) is 15.1. The Labute approximate surface area is 129 Å². The molecule has 0 atom stereocenters. The number of hydrogen-bond acceptors (Lipinski definition) is 4. The van der Waals surface area contributed by atoms with Gasteiger partial charge in [0, 0.05) is 30.3 Å². The minimum Gasteiger partial charge on any atom is -0.370 e. The summed E-state index contributed by atoms with van der Waals surface area (Å²) in [5.74, 6) is 1.94. The van der Waals surface area contributed by atoms with E-state index in [-0.39, 0.29) is 18.3 Å². The van der Waals surface area contributed by atoms with Gasteiger partial charge in [-0.15, -0.1) is 0 Å². The number of nitrogens with one attached hydrogen (secondary N) is 1. The lowest BCUT2D eigenvalue weighted by molar-refractivity contribution is 0.444. The van der Waals surface area contributed by atoms with Crippen LogP contribution in [-0.4, -0.2) is 55.6 Å². The van der Waals surface area contributed by atoms with Gasteiger partial charge in [0.1, 0.15) is 0 Å². The van der Waals surface area contributed by atoms with Gasteiger partial charge in [-0.1, -0.05) is 18.2 Å². The number of thioether (sulfide) groups is 1. The second-order valence-electron chi connectivity index (χ2n) is 4.59. The number of hydrogen-bond donors (Lipinski definition) is 2. The molecule has 116 valence electrons. The van der Waals surface area contributed by atoms with E-state index in [1.807, 2.05) is 30.3 Å². The second kappa shape index (κ2) is 7.67. The monoisotopic (exact) mass is 328 g/mol. The molecule has 0 spiro atoms. The van der Waals surface area contributed by atoms with Gasteiger partial charge in [0.25, 0.3) is 0 Å². The zero-order valence-electron chi connectivity index (χ0n) is 11.7. The van der Waals surface area contributed by atoms with Crippen LogP contribution in [0.25, 0.3) is 0 Å². The van der Waals surface area contributed by atoms with Crippen LogP contribution >= 0.6 is 11.8 Å². The lowest BCUT2D eigenvalue weighted by atomic mass is 10.3. The molecule has 1 heterocycles. The summed E-state index contributed by atoms with van der Waals surface area (Å²) in [6.07, 6.45) is 0. The lowest BCUT2D eigenvalue weighted by Crippen LogP contribution is -2.40. The van der Waals surface area contributed by atoms with Gasteiger partial charge < -0.3 is 11.1 Å². The third-order valence-electron chi connectivity index (χ3n) is 3.04. The highest BCUT2D eigenvalue weighted by Gasteiger charge is 2.23. The average Bonchev–Trinajstić information content (AvgIpc) is 2.49. The summed E-state index contributed by atoms with van der Waals surface area (Å²) >= 11 is 1.78. The third-order valence-corrected chi connectivity index (χ3v) is 5.83. The number of para-hydroxylation sites is 1. The lowest BCUT2D eigenvalue weighted by Gasteiger charge is -2.25. The van der Waals surface area contributed by atoms with Crippen molar-refractivity contribution >= 4 is 33.4 Å². The van der Waals surface area contributed by atoms with Gasteiger partial charge in [-0.3, -0.25) is 4.99 Å². The molecule has 8 heteroatoms. The maximum Gasteiger partial charge on any atom is 0.215 e. The van der Waals surface area contributed by atoms with Crippen molar-refractivity contribution < 1.29 is 8.42 Å². The number of nitrogens with zero attached hydrogens (tertiary/aromatic N) is 2. The van der Waals surface area contributed by atoms with E-state index < -0.39 is 10.0 Å². The fourth-order valence-corrected chi connectivity index (χ4v) is 4.40. The number of guanidine groups is 1. The summed E-state index contributed by atoms with van der Waals surface area (Å²) in [7, 11) is -3.22. The van der Waals surface area contributed by atoms with Crippen LogP contribution in [0.1, 0.15) is 0 Å². The van der Waals surface area contributed by atoms with E-state index in [9.17, 15) is 8.42 Å². The molecule has 0 amide bonds. The number of rotatable bonds is 5. The number of sulfonamides is 1. The molecule has 1 aromatic carbocycles. The van der Waals surface area contributed by atoms with Gasteiger partial charge in [-0.2, -0.15) is 11.8 Å². The molecule has 0 aromatic heterocycles. The van der Waals surface area contributed by atoms with E-state index in [1.54, 1.807) is 16.1 Å². The van der Waals surface area contributed by atoms with Crippen LogP contribution < -0.4 is 11.1 Å². The second-order valence-corrected chi connectivity index (χ2v) is 7.90. The SMILES string of the molecule is NC(=NCCS(=O)(=O)N1CCSCC1)Nc1ccccc1. The number of benzene rings is 1. The van der Waals surface area contributed by atoms with Crippen molar-refractivity contribution in [3.63, 3.8) is 0 Å². The van der Waals surface area contributed by atoms with E-state index >= 15 is 0 Å². The van der Waals surface area contributed by atoms with Crippen molar-refractivity contribution in [1.82, 2.24) is 4.31 Å². The Morgan fingerprint density at radius 2 is 1.95 bits per heavy atom. The fraction of sp³-hybridized carbons (Fsp3) is 0.462. The van der Waals surface area contributed by atoms with Crippen molar-refractivity contribution in [2.75, 3.05) is 42.2 Å². The largest absolute Gasteiger partial charge is 0.370 e. The fourth-order valence-electron chi connectivity index (χ4n) is 1.94. The summed E-state index contributed by atoms with van der Waals surface area (Å²) in [6.45, 7) is 1.35. The van der Waals surface area contributed by atoms with Crippen LogP contribution in [0.4, 0.5) is 5.69 Å². The van der Waals surface area contributed by atoms with Crippen molar-refractivity contribution in [2.45, 2.75) is 0 Å². The van der Waals surface area contributed by atoms with E-state index in [4.69, 9.17) is 5.73 Å². The van der Waals surface area contributed by atoms with E-state index in [0.717, 1.165) is 17.2 Å². The predicted molar refractivity (Wildman–Crippen MR) is 89.2 cm³/mol. The molecule has 21 heavy (non-hydrogen) atoms. The molecule has 1 fully saturated rings. The zero-order valence-corrected chi connectivity index (χ0v) is 13.4. The molecule has 1 aromatic rings. The Balaban J connectivity index is 1.83. The third kappa shape index (κ3) is 5.22. The summed E-state index contributed by atoms with van der Waals surface area (Å²) in [4.78, 5) is 4.07. The van der Waals surface area contributed by atoms with Crippen LogP contribution in [0.3, 0.4) is 0 Å². The van der Waals surface area contributed by atoms with Crippen molar-refractivity contribution in [3.05, 3.63) is 30.3 Å². The minimum absolute atomic E-state index is 0.00512. The van der Waals surface area contributed by atoms with Crippen molar-refractivity contribution in [3.8, 4) is 0 Å². The van der Waals surface area contributed by atoms with Crippen molar-refractivity contribution in [2.24, 2.45) is 10.7 Å². The standard InChI is InChI=1S/C13H20N4O2S2/c14-13(16-12-4-2-1-3-5-12)15-6-11-21(18,19)17-7-9-20-10-8-17/h1-5H,6-11H2,(H3,14,15,16). The number of aliphatic imine (C=N–C) groups is 1. The van der Waals surface area contributed by atoms with Crippen LogP contribution in [0, 0.1) is 0 Å². The van der Waals surface area contributed by atoms with Crippen LogP contribution in [-0.2, 0) is 10.0 Å². The number of nitrogens with two attached hydrogens (primary N) is 1. The molecule has 6 nitrogen and oxygen atoms in total. The summed E-state index contributed by atoms with van der Waals surface area (Å²) in [5.41, 5.74) is 6.57. The topological polar surface area (TPSA) is 87.8 Å². The predicted octanol–water partition coefficient (Wildman–Crippen LogP) is 0.792. The first-order valence-corrected chi connectivity index (χ1v) is 9.52. The van der Waals surface area contributed by atoms with Crippen LogP contribution in [0.15, 0.2) is 35.3 Å². The highest BCUT2D eigenvalue weighted by Crippen LogP contribution is 2.13. The Kier molecular flexibility index (Phi) is 5.89. The van der Waals surface area contributed by atoms with Gasteiger partial charge in [0.05, 0.1) is 12.3 Å². The van der Waals surface area contributed by atoms with Gasteiger partial charge in [-0.25, -0.2) is 12.7 Å². The first-order valence-electron chi connectivity index (χ1n) is 6.75. The Hall–Kier alpha value is -1.25. The highest BCUT2D eigenvalue weighted by atomic mass is 32.2. The van der Waals surface area contributed by atoms with Gasteiger partial charge in [0.2, 0.25) is 10.0 Å². The van der Waals surface area contributed by atoms with Crippen molar-refractivity contribution in [1.29, 1.82) is 0 Å². The summed E-state index contributed by atoms with van der Waals surface area (Å²) < 4.78 is 25.8. The van der Waals surface area contributed by atoms with Gasteiger partial charge in [-0.05, 0) is 12.1 Å². The molecule has 1 saturated heterocycles. The molecule has 0 radical (unpaired) electrons. The smallest absolute Gasteiger partial charge is 0.215 e. The molecule has 2 rings (SSSR count). The Bertz CT molecular complexity index is 569. The van der Waals surface area contributed by atoms with E-state index in [0.29, 0.717) is 13.1 Å². The molecule has 1 aliphatic rings. The Morgan fingerprint density at radius 1 is 1.29 bits per heavy atom. The molecule has 0 aliphatic carbocycles. The summed E-state index contributed by atoms with van der Waals surface area (Å²) in [6, 6.07) is 9.40. The maximum absolute atomic E-state index is 12.1. The van der Waals surface area contributed by atoms with E-state index in [2.05, 4.69) is 10.3 Å². The van der Waals surface area contributed by atoms with E-state index in [1.165, 1.54) is 0 Å². The van der Waals surface area contributed by atoms with Crippen LogP contribution in [0.5, 0.6) is 0 Å². The Morgan fingerprint density at radius 3 is 2.62 bits per heavy atom. The molecular formula is C13H20N4O2S2. The molecule has 0 saturated carbocycles. The normalized spacial score (nSPS) is 17.6. The molecule has 0 bridgehead atoms.